The molecule has 202 valence electrons. The Morgan fingerprint density at radius 3 is 2.50 bits per heavy atom. The second kappa shape index (κ2) is 11.0. The number of esters is 1. The first-order valence-electron chi connectivity index (χ1n) is 11.8. The lowest BCUT2D eigenvalue weighted by molar-refractivity contribution is -0.277. The second-order valence-electron chi connectivity index (χ2n) is 10.0. The van der Waals surface area contributed by atoms with Crippen molar-refractivity contribution in [2.75, 3.05) is 13.7 Å². The normalized spacial score (nSPS) is 33.1. The van der Waals surface area contributed by atoms with Gasteiger partial charge in [0.15, 0.2) is 0 Å². The van der Waals surface area contributed by atoms with Gasteiger partial charge in [0.25, 0.3) is 0 Å². The molecule has 36 heavy (non-hydrogen) atoms. The third-order valence-corrected chi connectivity index (χ3v) is 6.54. The summed E-state index contributed by atoms with van der Waals surface area (Å²) in [5.41, 5.74) is -1.24. The summed E-state index contributed by atoms with van der Waals surface area (Å²) >= 11 is 0. The topological polar surface area (TPSA) is 175 Å². The van der Waals surface area contributed by atoms with Gasteiger partial charge >= 0.3 is 5.97 Å². The van der Waals surface area contributed by atoms with Crippen LogP contribution in [0.15, 0.2) is 18.2 Å². The van der Waals surface area contributed by atoms with E-state index < -0.39 is 54.5 Å². The highest BCUT2D eigenvalue weighted by Crippen LogP contribution is 2.39. The number of carbonyl (C=O) groups excluding carboxylic acids is 1. The maximum atomic E-state index is 12.0. The Balaban J connectivity index is 1.97. The van der Waals surface area contributed by atoms with Crippen LogP contribution in [-0.4, -0.2) is 98.3 Å². The zero-order valence-electron chi connectivity index (χ0n) is 20.8. The van der Waals surface area contributed by atoms with Gasteiger partial charge in [0.05, 0.1) is 37.4 Å². The van der Waals surface area contributed by atoms with Gasteiger partial charge in [-0.2, -0.15) is 0 Å². The molecule has 0 aliphatic carbocycles. The number of ether oxygens (including phenoxy) is 4. The van der Waals surface area contributed by atoms with Gasteiger partial charge in [-0.25, -0.2) is 0 Å². The van der Waals surface area contributed by atoms with Crippen LogP contribution in [0.4, 0.5) is 0 Å². The van der Waals surface area contributed by atoms with Crippen LogP contribution in [0.5, 0.6) is 11.5 Å². The minimum Gasteiger partial charge on any atom is -0.508 e. The Morgan fingerprint density at radius 2 is 1.92 bits per heavy atom. The van der Waals surface area contributed by atoms with Crippen LogP contribution in [0.1, 0.15) is 44.7 Å². The summed E-state index contributed by atoms with van der Waals surface area (Å²) in [5.74, 6) is -0.728. The molecule has 0 saturated carbocycles. The van der Waals surface area contributed by atoms with Crippen molar-refractivity contribution in [2.24, 2.45) is 0 Å². The molecule has 7 atom stereocenters. The molecule has 0 bridgehead atoms. The van der Waals surface area contributed by atoms with Gasteiger partial charge in [-0.1, -0.05) is 12.2 Å². The third-order valence-electron chi connectivity index (χ3n) is 6.54. The number of benzene rings is 1. The molecule has 1 aromatic rings. The van der Waals surface area contributed by atoms with Crippen LogP contribution in [-0.2, 0) is 25.4 Å². The summed E-state index contributed by atoms with van der Waals surface area (Å²) in [6, 6.07) is 2.67. The van der Waals surface area contributed by atoms with E-state index in [-0.39, 0.29) is 29.6 Å². The van der Waals surface area contributed by atoms with Crippen LogP contribution >= 0.6 is 0 Å². The van der Waals surface area contributed by atoms with Crippen LogP contribution in [0.25, 0.3) is 6.08 Å². The van der Waals surface area contributed by atoms with Crippen LogP contribution in [0.3, 0.4) is 0 Å². The monoisotopic (exact) mass is 512 g/mol. The highest BCUT2D eigenvalue weighted by molar-refractivity contribution is 5.75. The summed E-state index contributed by atoms with van der Waals surface area (Å²) in [6.07, 6.45) is -3.66. The predicted octanol–water partition coefficient (Wildman–Crippen LogP) is 0.00820. The number of rotatable bonds is 8. The molecule has 0 unspecified atom stereocenters. The van der Waals surface area contributed by atoms with Gasteiger partial charge in [-0.05, 0) is 45.7 Å². The van der Waals surface area contributed by atoms with Crippen molar-refractivity contribution in [1.29, 1.82) is 0 Å². The van der Waals surface area contributed by atoms with Gasteiger partial charge in [0, 0.05) is 11.1 Å². The molecule has 2 aliphatic heterocycles. The number of aliphatic hydroxyl groups excluding tert-OH is 4. The van der Waals surface area contributed by atoms with E-state index in [1.54, 1.807) is 26.0 Å². The quantitative estimate of drug-likeness (QED) is 0.259. The van der Waals surface area contributed by atoms with E-state index in [1.807, 2.05) is 6.92 Å². The first-order valence-corrected chi connectivity index (χ1v) is 11.8. The van der Waals surface area contributed by atoms with Gasteiger partial charge in [-0.3, -0.25) is 4.79 Å². The van der Waals surface area contributed by atoms with E-state index in [0.717, 1.165) is 0 Å². The van der Waals surface area contributed by atoms with Crippen LogP contribution in [0, 0.1) is 0 Å². The van der Waals surface area contributed by atoms with E-state index in [9.17, 15) is 35.4 Å². The predicted molar refractivity (Wildman–Crippen MR) is 126 cm³/mol. The standard InChI is InChI=1S/C25H36O11/c1-24(2,32)17-6-8-25(3,36-17)7-5-13-9-15(27)10-14(11-18(28)33-4)22(13)35-23-21(31)20(30)19(29)16(12-26)34-23/h5,7,9-10,16-17,19-21,23,26-27,29-32H,6,8,11-12H2,1-4H3/b7-5+/t16-,17-,19-,20+,21-,23+,25+/m1/s1. The lowest BCUT2D eigenvalue weighted by atomic mass is 9.96. The number of aliphatic hydroxyl groups is 5. The molecule has 0 amide bonds. The van der Waals surface area contributed by atoms with E-state index in [4.69, 9.17) is 18.9 Å². The van der Waals surface area contributed by atoms with Crippen molar-refractivity contribution in [2.45, 2.75) is 88.0 Å². The first-order chi connectivity index (χ1) is 16.8. The summed E-state index contributed by atoms with van der Waals surface area (Å²) in [5, 5.41) is 60.8. The van der Waals surface area contributed by atoms with Crippen molar-refractivity contribution in [3.05, 3.63) is 29.3 Å². The van der Waals surface area contributed by atoms with Gasteiger partial charge in [0.1, 0.15) is 35.9 Å². The molecule has 11 nitrogen and oxygen atoms in total. The van der Waals surface area contributed by atoms with Crippen molar-refractivity contribution in [1.82, 2.24) is 0 Å². The average molecular weight is 513 g/mol. The van der Waals surface area contributed by atoms with E-state index in [0.29, 0.717) is 18.4 Å². The Kier molecular flexibility index (Phi) is 8.67. The number of hydrogen-bond acceptors (Lipinski definition) is 11. The van der Waals surface area contributed by atoms with E-state index in [1.165, 1.54) is 19.2 Å². The largest absolute Gasteiger partial charge is 0.508 e. The summed E-state index contributed by atoms with van der Waals surface area (Å²) < 4.78 is 22.2. The molecule has 2 saturated heterocycles. The van der Waals surface area contributed by atoms with E-state index >= 15 is 0 Å². The molecule has 2 aliphatic rings. The number of aromatic hydroxyl groups is 1. The minimum atomic E-state index is -1.68. The lowest BCUT2D eigenvalue weighted by Gasteiger charge is -2.40. The molecular formula is C25H36O11. The van der Waals surface area contributed by atoms with Crippen molar-refractivity contribution >= 4 is 12.0 Å². The zero-order valence-corrected chi connectivity index (χ0v) is 20.8. The highest BCUT2D eigenvalue weighted by atomic mass is 16.7. The summed E-state index contributed by atoms with van der Waals surface area (Å²) in [6.45, 7) is 4.56. The molecular weight excluding hydrogens is 476 g/mol. The molecule has 3 rings (SSSR count). The number of methoxy groups -OCH3 is 1. The molecule has 11 heteroatoms. The molecule has 2 fully saturated rings. The van der Waals surface area contributed by atoms with Crippen molar-refractivity contribution in [3.63, 3.8) is 0 Å². The average Bonchev–Trinajstić information content (AvgIpc) is 3.22. The molecule has 0 aromatic heterocycles. The summed E-state index contributed by atoms with van der Waals surface area (Å²) in [4.78, 5) is 12.0. The fraction of sp³-hybridized carbons (Fsp3) is 0.640. The third kappa shape index (κ3) is 6.35. The highest BCUT2D eigenvalue weighted by Gasteiger charge is 2.45. The maximum Gasteiger partial charge on any atom is 0.310 e. The molecule has 0 radical (unpaired) electrons. The fourth-order valence-electron chi connectivity index (χ4n) is 4.35. The first kappa shape index (κ1) is 28.3. The second-order valence-corrected chi connectivity index (χ2v) is 10.0. The maximum absolute atomic E-state index is 12.0. The van der Waals surface area contributed by atoms with Crippen molar-refractivity contribution < 1.29 is 54.4 Å². The lowest BCUT2D eigenvalue weighted by Crippen LogP contribution is -2.60. The summed E-state index contributed by atoms with van der Waals surface area (Å²) in [7, 11) is 1.21. The SMILES string of the molecule is COC(=O)Cc1cc(O)cc(/C=C/[C@@]2(C)CC[C@H](C(C)(C)O)O2)c1O[C@@H]1O[C@H](CO)[C@@H](O)[C@H](O)[C@H]1O. The smallest absolute Gasteiger partial charge is 0.310 e. The zero-order chi connectivity index (χ0) is 26.8. The minimum absolute atomic E-state index is 0.0550. The van der Waals surface area contributed by atoms with E-state index in [2.05, 4.69) is 0 Å². The Morgan fingerprint density at radius 1 is 1.22 bits per heavy atom. The van der Waals surface area contributed by atoms with Crippen molar-refractivity contribution in [3.8, 4) is 11.5 Å². The number of hydrogen-bond donors (Lipinski definition) is 6. The van der Waals surface area contributed by atoms with Crippen LogP contribution < -0.4 is 4.74 Å². The Hall–Kier alpha value is -2.25. The number of phenols is 1. The Bertz CT molecular complexity index is 954. The van der Waals surface area contributed by atoms with Gasteiger partial charge in [0.2, 0.25) is 6.29 Å². The molecule has 0 spiro atoms. The van der Waals surface area contributed by atoms with Gasteiger partial charge < -0.3 is 49.6 Å². The number of phenolic OH excluding ortho intramolecular Hbond substituents is 1. The molecule has 1 aromatic carbocycles. The molecule has 2 heterocycles. The van der Waals surface area contributed by atoms with Gasteiger partial charge in [-0.15, -0.1) is 0 Å². The van der Waals surface area contributed by atoms with Crippen LogP contribution in [0.2, 0.25) is 0 Å². The molecule has 6 N–H and O–H groups in total. The Labute approximate surface area is 209 Å². The number of carbonyl (C=O) groups is 1. The fourth-order valence-corrected chi connectivity index (χ4v) is 4.35.